The second-order valence-corrected chi connectivity index (χ2v) is 7.03. The minimum atomic E-state index is 0.311. The molecular formula is C15H28N4. The Morgan fingerprint density at radius 3 is 2.68 bits per heavy atom. The fraction of sp³-hybridized carbons (Fsp3) is 1.00. The lowest BCUT2D eigenvalue weighted by molar-refractivity contribution is 0.00349. The molecule has 19 heavy (non-hydrogen) atoms. The van der Waals surface area contributed by atoms with Crippen LogP contribution in [-0.4, -0.2) is 78.1 Å². The van der Waals surface area contributed by atoms with Crippen LogP contribution in [0, 0.1) is 0 Å². The van der Waals surface area contributed by atoms with Crippen molar-refractivity contribution in [1.29, 1.82) is 0 Å². The lowest BCUT2D eigenvalue weighted by Crippen LogP contribution is -2.65. The first-order chi connectivity index (χ1) is 9.33. The van der Waals surface area contributed by atoms with Crippen molar-refractivity contribution in [3.8, 4) is 0 Å². The molecule has 4 saturated heterocycles. The van der Waals surface area contributed by atoms with Crippen LogP contribution in [0.15, 0.2) is 0 Å². The molecule has 4 aliphatic heterocycles. The van der Waals surface area contributed by atoms with Crippen molar-refractivity contribution in [1.82, 2.24) is 14.7 Å². The Hall–Kier alpha value is -0.160. The van der Waals surface area contributed by atoms with Crippen molar-refractivity contribution >= 4 is 0 Å². The second kappa shape index (κ2) is 4.69. The summed E-state index contributed by atoms with van der Waals surface area (Å²) >= 11 is 0. The van der Waals surface area contributed by atoms with Gasteiger partial charge in [0.1, 0.15) is 0 Å². The third-order valence-corrected chi connectivity index (χ3v) is 6.39. The molecule has 4 nitrogen and oxygen atoms in total. The molecule has 4 heterocycles. The van der Waals surface area contributed by atoms with Crippen molar-refractivity contribution in [2.45, 2.75) is 49.7 Å². The number of nitrogens with two attached hydrogens (primary N) is 1. The third kappa shape index (κ3) is 1.80. The molecule has 3 atom stereocenters. The molecule has 0 aromatic carbocycles. The first kappa shape index (κ1) is 12.6. The van der Waals surface area contributed by atoms with E-state index in [1.807, 2.05) is 0 Å². The quantitative estimate of drug-likeness (QED) is 0.780. The Bertz CT molecular complexity index is 347. The molecular weight excluding hydrogens is 236 g/mol. The molecule has 108 valence electrons. The summed E-state index contributed by atoms with van der Waals surface area (Å²) in [6.07, 6.45) is 6.88. The Balaban J connectivity index is 1.55. The van der Waals surface area contributed by atoms with Gasteiger partial charge in [0.25, 0.3) is 0 Å². The maximum Gasteiger partial charge on any atom is 0.0499 e. The fourth-order valence-electron chi connectivity index (χ4n) is 5.34. The van der Waals surface area contributed by atoms with E-state index in [0.717, 1.165) is 18.6 Å². The highest BCUT2D eigenvalue weighted by molar-refractivity contribution is 5.11. The number of hydrogen-bond donors (Lipinski definition) is 1. The van der Waals surface area contributed by atoms with Gasteiger partial charge in [-0.05, 0) is 45.2 Å². The van der Waals surface area contributed by atoms with Gasteiger partial charge in [-0.15, -0.1) is 0 Å². The Kier molecular flexibility index (Phi) is 3.10. The highest BCUT2D eigenvalue weighted by Crippen LogP contribution is 2.41. The predicted molar refractivity (Wildman–Crippen MR) is 77.2 cm³/mol. The number of hydrogen-bond acceptors (Lipinski definition) is 4. The molecule has 0 amide bonds. The Morgan fingerprint density at radius 2 is 1.79 bits per heavy atom. The maximum absolute atomic E-state index is 6.31. The van der Waals surface area contributed by atoms with Crippen LogP contribution in [0.1, 0.15) is 32.1 Å². The normalized spacial score (nSPS) is 44.7. The highest BCUT2D eigenvalue weighted by atomic mass is 15.4. The van der Waals surface area contributed by atoms with Gasteiger partial charge in [0, 0.05) is 50.3 Å². The number of rotatable bonds is 2. The van der Waals surface area contributed by atoms with Crippen LogP contribution in [0.25, 0.3) is 0 Å². The fourth-order valence-corrected chi connectivity index (χ4v) is 5.34. The molecule has 4 aliphatic rings. The zero-order valence-electron chi connectivity index (χ0n) is 12.1. The van der Waals surface area contributed by atoms with E-state index in [2.05, 4.69) is 14.7 Å². The molecule has 0 aliphatic carbocycles. The van der Waals surface area contributed by atoms with Crippen molar-refractivity contribution in [3.63, 3.8) is 0 Å². The number of fused-ring (bicyclic) bond motifs is 2. The third-order valence-electron chi connectivity index (χ3n) is 6.39. The van der Waals surface area contributed by atoms with Crippen molar-refractivity contribution in [2.24, 2.45) is 5.73 Å². The van der Waals surface area contributed by atoms with E-state index in [9.17, 15) is 0 Å². The lowest BCUT2D eigenvalue weighted by Gasteiger charge is -2.49. The number of piperazine rings is 1. The van der Waals surface area contributed by atoms with Crippen LogP contribution < -0.4 is 5.73 Å². The van der Waals surface area contributed by atoms with Crippen LogP contribution in [0.5, 0.6) is 0 Å². The molecule has 4 rings (SSSR count). The lowest BCUT2D eigenvalue weighted by atomic mass is 9.85. The van der Waals surface area contributed by atoms with Gasteiger partial charge in [0.15, 0.2) is 0 Å². The van der Waals surface area contributed by atoms with Crippen LogP contribution in [0.4, 0.5) is 0 Å². The topological polar surface area (TPSA) is 35.7 Å². The average Bonchev–Trinajstić information content (AvgIpc) is 3.14. The van der Waals surface area contributed by atoms with E-state index in [1.165, 1.54) is 71.4 Å². The predicted octanol–water partition coefficient (Wildman–Crippen LogP) is 0.332. The van der Waals surface area contributed by atoms with Gasteiger partial charge >= 0.3 is 0 Å². The standard InChI is InChI=1S/C15H28N4/c16-12-15(5-8-18-7-2-4-14(15)18)19-10-9-17-6-1-3-13(17)11-19/h13-14H,1-12,16H2. The molecule has 0 radical (unpaired) electrons. The van der Waals surface area contributed by atoms with Gasteiger partial charge in [-0.25, -0.2) is 0 Å². The van der Waals surface area contributed by atoms with Gasteiger partial charge in [-0.1, -0.05) is 0 Å². The molecule has 3 unspecified atom stereocenters. The van der Waals surface area contributed by atoms with Gasteiger partial charge in [-0.3, -0.25) is 14.7 Å². The van der Waals surface area contributed by atoms with Crippen molar-refractivity contribution < 1.29 is 0 Å². The zero-order valence-corrected chi connectivity index (χ0v) is 12.1. The summed E-state index contributed by atoms with van der Waals surface area (Å²) in [6, 6.07) is 1.58. The van der Waals surface area contributed by atoms with Crippen molar-refractivity contribution in [3.05, 3.63) is 0 Å². The smallest absolute Gasteiger partial charge is 0.0499 e. The van der Waals surface area contributed by atoms with E-state index in [-0.39, 0.29) is 0 Å². The van der Waals surface area contributed by atoms with E-state index in [1.54, 1.807) is 0 Å². The molecule has 0 spiro atoms. The molecule has 0 saturated carbocycles. The van der Waals surface area contributed by atoms with E-state index in [4.69, 9.17) is 5.73 Å². The summed E-state index contributed by atoms with van der Waals surface area (Å²) in [7, 11) is 0. The molecule has 4 heteroatoms. The maximum atomic E-state index is 6.31. The first-order valence-electron chi connectivity index (χ1n) is 8.27. The first-order valence-corrected chi connectivity index (χ1v) is 8.27. The minimum absolute atomic E-state index is 0.311. The monoisotopic (exact) mass is 264 g/mol. The van der Waals surface area contributed by atoms with E-state index >= 15 is 0 Å². The Morgan fingerprint density at radius 1 is 0.947 bits per heavy atom. The molecule has 4 fully saturated rings. The van der Waals surface area contributed by atoms with Gasteiger partial charge in [-0.2, -0.15) is 0 Å². The summed E-state index contributed by atoms with van der Waals surface area (Å²) in [5.74, 6) is 0. The summed E-state index contributed by atoms with van der Waals surface area (Å²) in [5.41, 5.74) is 6.62. The second-order valence-electron chi connectivity index (χ2n) is 7.03. The van der Waals surface area contributed by atoms with Gasteiger partial charge in [0.2, 0.25) is 0 Å². The van der Waals surface area contributed by atoms with Crippen molar-refractivity contribution in [2.75, 3.05) is 45.8 Å². The van der Waals surface area contributed by atoms with Crippen LogP contribution in [0.3, 0.4) is 0 Å². The summed E-state index contributed by atoms with van der Waals surface area (Å²) in [5, 5.41) is 0. The van der Waals surface area contributed by atoms with E-state index in [0.29, 0.717) is 5.54 Å². The molecule has 2 N–H and O–H groups in total. The van der Waals surface area contributed by atoms with Gasteiger partial charge in [0.05, 0.1) is 0 Å². The summed E-state index contributed by atoms with van der Waals surface area (Å²) < 4.78 is 0. The highest BCUT2D eigenvalue weighted by Gasteiger charge is 2.52. The van der Waals surface area contributed by atoms with E-state index < -0.39 is 0 Å². The van der Waals surface area contributed by atoms with Crippen LogP contribution >= 0.6 is 0 Å². The summed E-state index contributed by atoms with van der Waals surface area (Å²) in [6.45, 7) is 8.60. The molecule has 0 aromatic rings. The molecule has 0 aromatic heterocycles. The van der Waals surface area contributed by atoms with Crippen LogP contribution in [0.2, 0.25) is 0 Å². The van der Waals surface area contributed by atoms with Crippen LogP contribution in [-0.2, 0) is 0 Å². The largest absolute Gasteiger partial charge is 0.329 e. The number of nitrogens with zero attached hydrogens (tertiary/aromatic N) is 3. The minimum Gasteiger partial charge on any atom is -0.329 e. The molecule has 0 bridgehead atoms. The zero-order chi connectivity index (χ0) is 12.9. The SMILES string of the molecule is NCC1(N2CCN3CCCC3C2)CCN2CCCC21. The summed E-state index contributed by atoms with van der Waals surface area (Å²) in [4.78, 5) is 8.23. The Labute approximate surface area is 116 Å². The van der Waals surface area contributed by atoms with Gasteiger partial charge < -0.3 is 5.73 Å². The average molecular weight is 264 g/mol.